The van der Waals surface area contributed by atoms with Crippen molar-refractivity contribution in [3.63, 3.8) is 0 Å². The second-order valence-electron chi connectivity index (χ2n) is 8.59. The van der Waals surface area contributed by atoms with Crippen LogP contribution in [0.1, 0.15) is 60.8 Å². The van der Waals surface area contributed by atoms with E-state index in [2.05, 4.69) is 22.4 Å². The third-order valence-corrected chi connectivity index (χ3v) is 7.20. The molecule has 2 heterocycles. The minimum absolute atomic E-state index is 0.0192. The van der Waals surface area contributed by atoms with Gasteiger partial charge in [-0.1, -0.05) is 25.3 Å². The first kappa shape index (κ1) is 20.8. The summed E-state index contributed by atoms with van der Waals surface area (Å²) in [5, 5.41) is 16.6. The molecule has 1 aromatic heterocycles. The number of rotatable bonds is 6. The predicted octanol–water partition coefficient (Wildman–Crippen LogP) is 4.90. The lowest BCUT2D eigenvalue weighted by Gasteiger charge is -2.40. The third kappa shape index (κ3) is 5.19. The van der Waals surface area contributed by atoms with Crippen LogP contribution in [-0.4, -0.2) is 29.4 Å². The fourth-order valence-electron chi connectivity index (χ4n) is 4.76. The van der Waals surface area contributed by atoms with Gasteiger partial charge in [0.2, 0.25) is 5.91 Å². The molecule has 1 N–H and O–H groups in total. The van der Waals surface area contributed by atoms with E-state index in [-0.39, 0.29) is 11.4 Å². The maximum absolute atomic E-state index is 12.7. The SMILES string of the molecule is N#Cc1ccc2c(c1)CN(CCC1(NC(=O)/C=C/c3ccsc3)CCCCC1)CC2. The highest BCUT2D eigenvalue weighted by Crippen LogP contribution is 2.32. The summed E-state index contributed by atoms with van der Waals surface area (Å²) in [5.41, 5.74) is 4.37. The molecule has 1 aliphatic heterocycles. The first-order valence-electron chi connectivity index (χ1n) is 10.9. The Bertz CT molecular complexity index is 936. The lowest BCUT2D eigenvalue weighted by atomic mass is 9.79. The lowest BCUT2D eigenvalue weighted by molar-refractivity contribution is -0.118. The quantitative estimate of drug-likeness (QED) is 0.678. The molecule has 0 atom stereocenters. The van der Waals surface area contributed by atoms with Crippen LogP contribution in [0.25, 0.3) is 6.08 Å². The number of nitrogens with one attached hydrogen (secondary N) is 1. The van der Waals surface area contributed by atoms with E-state index in [4.69, 9.17) is 0 Å². The maximum Gasteiger partial charge on any atom is 0.244 e. The summed E-state index contributed by atoms with van der Waals surface area (Å²) in [4.78, 5) is 15.1. The Morgan fingerprint density at radius 1 is 1.23 bits per heavy atom. The zero-order valence-electron chi connectivity index (χ0n) is 17.4. The number of nitriles is 1. The van der Waals surface area contributed by atoms with Crippen molar-refractivity contribution >= 4 is 23.3 Å². The number of amides is 1. The molecule has 1 aromatic carbocycles. The van der Waals surface area contributed by atoms with Gasteiger partial charge in [-0.15, -0.1) is 0 Å². The number of fused-ring (bicyclic) bond motifs is 1. The molecule has 0 radical (unpaired) electrons. The summed E-state index contributed by atoms with van der Waals surface area (Å²) in [7, 11) is 0. The molecular formula is C25H29N3OS. The van der Waals surface area contributed by atoms with Gasteiger partial charge in [-0.25, -0.2) is 0 Å². The summed E-state index contributed by atoms with van der Waals surface area (Å²) in [5.74, 6) is 0.0192. The Labute approximate surface area is 183 Å². The Hall–Kier alpha value is -2.42. The Balaban J connectivity index is 1.38. The normalized spacial score (nSPS) is 18.6. The molecule has 2 aromatic rings. The first-order valence-corrected chi connectivity index (χ1v) is 11.9. The van der Waals surface area contributed by atoms with Gasteiger partial charge >= 0.3 is 0 Å². The third-order valence-electron chi connectivity index (χ3n) is 6.50. The largest absolute Gasteiger partial charge is 0.347 e. The van der Waals surface area contributed by atoms with Crippen LogP contribution < -0.4 is 5.32 Å². The van der Waals surface area contributed by atoms with Gasteiger partial charge in [-0.3, -0.25) is 9.69 Å². The van der Waals surface area contributed by atoms with Gasteiger partial charge < -0.3 is 5.32 Å². The van der Waals surface area contributed by atoms with E-state index in [9.17, 15) is 10.1 Å². The van der Waals surface area contributed by atoms with Gasteiger partial charge in [-0.05, 0) is 77.4 Å². The van der Waals surface area contributed by atoms with E-state index in [0.29, 0.717) is 0 Å². The van der Waals surface area contributed by atoms with E-state index in [1.54, 1.807) is 17.4 Å². The van der Waals surface area contributed by atoms with Crippen LogP contribution in [-0.2, 0) is 17.8 Å². The van der Waals surface area contributed by atoms with Gasteiger partial charge in [0, 0.05) is 31.2 Å². The van der Waals surface area contributed by atoms with E-state index < -0.39 is 0 Å². The summed E-state index contributed by atoms with van der Waals surface area (Å²) < 4.78 is 0. The molecule has 1 aliphatic carbocycles. The average molecular weight is 420 g/mol. The topological polar surface area (TPSA) is 56.1 Å². The smallest absolute Gasteiger partial charge is 0.244 e. The van der Waals surface area contributed by atoms with Crippen LogP contribution >= 0.6 is 11.3 Å². The van der Waals surface area contributed by atoms with Gasteiger partial charge in [0.25, 0.3) is 0 Å². The molecule has 4 nitrogen and oxygen atoms in total. The second-order valence-corrected chi connectivity index (χ2v) is 9.37. The van der Waals surface area contributed by atoms with Crippen LogP contribution in [0.4, 0.5) is 0 Å². The van der Waals surface area contributed by atoms with Crippen molar-refractivity contribution in [1.82, 2.24) is 10.2 Å². The molecular weight excluding hydrogens is 390 g/mol. The summed E-state index contributed by atoms with van der Waals surface area (Å²) in [6, 6.07) is 10.3. The molecule has 1 fully saturated rings. The summed E-state index contributed by atoms with van der Waals surface area (Å²) in [6.45, 7) is 2.92. The van der Waals surface area contributed by atoms with Gasteiger partial charge in [0.05, 0.1) is 11.6 Å². The van der Waals surface area contributed by atoms with E-state index >= 15 is 0 Å². The highest BCUT2D eigenvalue weighted by Gasteiger charge is 2.33. The monoisotopic (exact) mass is 419 g/mol. The Morgan fingerprint density at radius 3 is 2.87 bits per heavy atom. The highest BCUT2D eigenvalue weighted by atomic mass is 32.1. The molecule has 4 rings (SSSR count). The second kappa shape index (κ2) is 9.59. The number of thiophene rings is 1. The van der Waals surface area contributed by atoms with Crippen LogP contribution in [0.5, 0.6) is 0 Å². The molecule has 30 heavy (non-hydrogen) atoms. The first-order chi connectivity index (χ1) is 14.7. The molecule has 2 aliphatic rings. The van der Waals surface area contributed by atoms with Crippen LogP contribution in [0.3, 0.4) is 0 Å². The molecule has 0 spiro atoms. The predicted molar refractivity (Wildman–Crippen MR) is 122 cm³/mol. The van der Waals surface area contributed by atoms with Crippen molar-refractivity contribution in [1.29, 1.82) is 5.26 Å². The molecule has 0 bridgehead atoms. The maximum atomic E-state index is 12.7. The van der Waals surface area contributed by atoms with Crippen molar-refractivity contribution < 1.29 is 4.79 Å². The minimum atomic E-state index is -0.0941. The van der Waals surface area contributed by atoms with Crippen LogP contribution in [0.15, 0.2) is 41.1 Å². The number of carbonyl (C=O) groups is 1. The zero-order valence-corrected chi connectivity index (χ0v) is 18.2. The van der Waals surface area contributed by atoms with E-state index in [1.165, 1.54) is 30.4 Å². The molecule has 156 valence electrons. The van der Waals surface area contributed by atoms with E-state index in [1.807, 2.05) is 35.0 Å². The van der Waals surface area contributed by atoms with Crippen molar-refractivity contribution in [2.75, 3.05) is 13.1 Å². The van der Waals surface area contributed by atoms with Crippen molar-refractivity contribution in [3.8, 4) is 6.07 Å². The van der Waals surface area contributed by atoms with Crippen molar-refractivity contribution in [3.05, 3.63) is 63.4 Å². The fourth-order valence-corrected chi connectivity index (χ4v) is 5.39. The van der Waals surface area contributed by atoms with Crippen molar-refractivity contribution in [2.24, 2.45) is 0 Å². The summed E-state index contributed by atoms with van der Waals surface area (Å²) in [6.07, 6.45) is 11.3. The van der Waals surface area contributed by atoms with Gasteiger partial charge in [0.1, 0.15) is 0 Å². The van der Waals surface area contributed by atoms with Gasteiger partial charge in [-0.2, -0.15) is 16.6 Å². The molecule has 0 unspecified atom stereocenters. The number of nitrogens with zero attached hydrogens (tertiary/aromatic N) is 2. The fraction of sp³-hybridized carbons (Fsp3) is 0.440. The Morgan fingerprint density at radius 2 is 2.10 bits per heavy atom. The van der Waals surface area contributed by atoms with Gasteiger partial charge in [0.15, 0.2) is 0 Å². The van der Waals surface area contributed by atoms with Crippen LogP contribution in [0, 0.1) is 11.3 Å². The molecule has 0 saturated heterocycles. The Kier molecular flexibility index (Phi) is 6.66. The van der Waals surface area contributed by atoms with Crippen molar-refractivity contribution in [2.45, 2.75) is 57.0 Å². The van der Waals surface area contributed by atoms with E-state index in [0.717, 1.165) is 56.4 Å². The summed E-state index contributed by atoms with van der Waals surface area (Å²) >= 11 is 1.64. The lowest BCUT2D eigenvalue weighted by Crippen LogP contribution is -2.51. The molecule has 1 amide bonds. The number of carbonyl (C=O) groups excluding carboxylic acids is 1. The minimum Gasteiger partial charge on any atom is -0.347 e. The number of hydrogen-bond acceptors (Lipinski definition) is 4. The average Bonchev–Trinajstić information content (AvgIpc) is 3.30. The molecule has 1 saturated carbocycles. The standard InChI is InChI=1S/C25H29N3OS/c26-17-21-4-6-22-8-13-28(18-23(22)16-21)14-12-25(10-2-1-3-11-25)27-24(29)7-5-20-9-15-30-19-20/h4-7,9,15-16,19H,1-3,8,10-14,18H2,(H,27,29)/b7-5+. The highest BCUT2D eigenvalue weighted by molar-refractivity contribution is 7.08. The zero-order chi connectivity index (χ0) is 20.8. The number of hydrogen-bond donors (Lipinski definition) is 1. The van der Waals surface area contributed by atoms with Crippen LogP contribution in [0.2, 0.25) is 0 Å². The number of benzene rings is 1. The molecule has 5 heteroatoms.